The summed E-state index contributed by atoms with van der Waals surface area (Å²) in [5.41, 5.74) is 1.37. The molecule has 0 unspecified atom stereocenters. The van der Waals surface area contributed by atoms with E-state index < -0.39 is 0 Å². The van der Waals surface area contributed by atoms with E-state index >= 15 is 0 Å². The second-order valence-electron chi connectivity index (χ2n) is 4.04. The highest BCUT2D eigenvalue weighted by Gasteiger charge is 2.16. The highest BCUT2D eigenvalue weighted by atomic mass is 16.5. The minimum Gasteiger partial charge on any atom is -0.459 e. The Hall–Kier alpha value is -1.38. The third-order valence-electron chi connectivity index (χ3n) is 1.95. The lowest BCUT2D eigenvalue weighted by Gasteiger charge is -2.12. The second-order valence-corrected chi connectivity index (χ2v) is 4.04. The fraction of sp³-hybridized carbons (Fsp3) is 0.500. The Bertz CT molecular complexity index is 345. The van der Waals surface area contributed by atoms with Crippen molar-refractivity contribution in [1.82, 2.24) is 4.98 Å². The molecular formula is C12H17NO2. The number of carbonyl (C=O) groups excluding carboxylic acids is 1. The molecule has 1 aromatic rings. The quantitative estimate of drug-likeness (QED) is 0.715. The minimum atomic E-state index is -0.290. The van der Waals surface area contributed by atoms with Crippen molar-refractivity contribution >= 4 is 5.97 Å². The van der Waals surface area contributed by atoms with Gasteiger partial charge in [0.2, 0.25) is 0 Å². The molecule has 0 spiro atoms. The molecule has 0 bridgehead atoms. The van der Waals surface area contributed by atoms with E-state index in [0.29, 0.717) is 5.56 Å². The number of carbonyl (C=O) groups is 1. The van der Waals surface area contributed by atoms with Crippen LogP contribution in [-0.4, -0.2) is 17.1 Å². The maximum Gasteiger partial charge on any atom is 0.340 e. The van der Waals surface area contributed by atoms with E-state index in [0.717, 1.165) is 5.69 Å². The van der Waals surface area contributed by atoms with Crippen molar-refractivity contribution in [3.8, 4) is 0 Å². The molecular weight excluding hydrogens is 190 g/mol. The third kappa shape index (κ3) is 3.05. The average molecular weight is 207 g/mol. The normalized spacial score (nSPS) is 10.8. The van der Waals surface area contributed by atoms with Crippen molar-refractivity contribution in [2.24, 2.45) is 0 Å². The van der Waals surface area contributed by atoms with Gasteiger partial charge in [-0.05, 0) is 31.9 Å². The Morgan fingerprint density at radius 2 is 2.00 bits per heavy atom. The van der Waals surface area contributed by atoms with Gasteiger partial charge in [0.05, 0.1) is 17.4 Å². The Kier molecular flexibility index (Phi) is 3.83. The van der Waals surface area contributed by atoms with Crippen molar-refractivity contribution in [1.29, 1.82) is 0 Å². The molecule has 0 fully saturated rings. The van der Waals surface area contributed by atoms with Crippen LogP contribution in [0.25, 0.3) is 0 Å². The predicted molar refractivity (Wildman–Crippen MR) is 58.9 cm³/mol. The van der Waals surface area contributed by atoms with Crippen molar-refractivity contribution in [2.45, 2.75) is 39.7 Å². The van der Waals surface area contributed by atoms with Gasteiger partial charge in [0, 0.05) is 6.20 Å². The van der Waals surface area contributed by atoms with Crippen LogP contribution in [0.5, 0.6) is 0 Å². The zero-order chi connectivity index (χ0) is 11.4. The summed E-state index contributed by atoms with van der Waals surface area (Å²) in [6, 6.07) is 3.51. The molecule has 0 aromatic carbocycles. The summed E-state index contributed by atoms with van der Waals surface area (Å²) in [6.07, 6.45) is 1.60. The minimum absolute atomic E-state index is 0.0993. The molecule has 0 aliphatic rings. The van der Waals surface area contributed by atoms with Crippen molar-refractivity contribution in [3.63, 3.8) is 0 Å². The summed E-state index contributed by atoms with van der Waals surface area (Å²) < 4.78 is 5.15. The first-order chi connectivity index (χ1) is 7.02. The molecule has 0 amide bonds. The van der Waals surface area contributed by atoms with E-state index in [-0.39, 0.29) is 18.0 Å². The maximum atomic E-state index is 11.7. The molecule has 3 nitrogen and oxygen atoms in total. The average Bonchev–Trinajstić information content (AvgIpc) is 2.16. The molecule has 0 atom stereocenters. The lowest BCUT2D eigenvalue weighted by Crippen LogP contribution is -2.14. The van der Waals surface area contributed by atoms with E-state index in [1.807, 2.05) is 27.7 Å². The van der Waals surface area contributed by atoms with Gasteiger partial charge in [-0.25, -0.2) is 4.79 Å². The van der Waals surface area contributed by atoms with Gasteiger partial charge in [-0.3, -0.25) is 4.98 Å². The number of nitrogens with zero attached hydrogens (tertiary/aromatic N) is 1. The zero-order valence-electron chi connectivity index (χ0n) is 9.65. The Morgan fingerprint density at radius 3 is 2.53 bits per heavy atom. The first kappa shape index (κ1) is 11.7. The molecule has 0 aliphatic carbocycles. The van der Waals surface area contributed by atoms with E-state index in [2.05, 4.69) is 4.98 Å². The summed E-state index contributed by atoms with van der Waals surface area (Å²) in [6.45, 7) is 7.69. The molecule has 82 valence electrons. The molecule has 1 heterocycles. The second kappa shape index (κ2) is 4.91. The fourth-order valence-electron chi connectivity index (χ4n) is 1.33. The molecule has 1 aromatic heterocycles. The van der Waals surface area contributed by atoms with Gasteiger partial charge < -0.3 is 4.74 Å². The van der Waals surface area contributed by atoms with Gasteiger partial charge in [-0.1, -0.05) is 13.8 Å². The first-order valence-electron chi connectivity index (χ1n) is 5.18. The standard InChI is InChI=1S/C12H17NO2/c1-8(2)11-10(6-5-7-13-11)12(14)15-9(3)4/h5-9H,1-4H3. The maximum absolute atomic E-state index is 11.7. The summed E-state index contributed by atoms with van der Waals surface area (Å²) >= 11 is 0. The van der Waals surface area contributed by atoms with Gasteiger partial charge in [-0.2, -0.15) is 0 Å². The van der Waals surface area contributed by atoms with E-state index in [1.165, 1.54) is 0 Å². The van der Waals surface area contributed by atoms with Crippen LogP contribution < -0.4 is 0 Å². The number of rotatable bonds is 3. The monoisotopic (exact) mass is 207 g/mol. The van der Waals surface area contributed by atoms with Gasteiger partial charge in [0.15, 0.2) is 0 Å². The topological polar surface area (TPSA) is 39.2 Å². The summed E-state index contributed by atoms with van der Waals surface area (Å²) in [4.78, 5) is 15.9. The van der Waals surface area contributed by atoms with Crippen LogP contribution in [-0.2, 0) is 4.74 Å². The van der Waals surface area contributed by atoms with Crippen LogP contribution in [0.3, 0.4) is 0 Å². The summed E-state index contributed by atoms with van der Waals surface area (Å²) in [5, 5.41) is 0. The molecule has 0 radical (unpaired) electrons. The van der Waals surface area contributed by atoms with E-state index in [4.69, 9.17) is 4.74 Å². The molecule has 0 aliphatic heterocycles. The number of hydrogen-bond donors (Lipinski definition) is 0. The number of pyridine rings is 1. The van der Waals surface area contributed by atoms with Crippen LogP contribution in [0.15, 0.2) is 18.3 Å². The highest BCUT2D eigenvalue weighted by Crippen LogP contribution is 2.17. The predicted octanol–water partition coefficient (Wildman–Crippen LogP) is 2.77. The lowest BCUT2D eigenvalue weighted by atomic mass is 10.0. The molecule has 0 saturated heterocycles. The van der Waals surface area contributed by atoms with Crippen LogP contribution >= 0.6 is 0 Å². The van der Waals surface area contributed by atoms with Crippen LogP contribution in [0.4, 0.5) is 0 Å². The lowest BCUT2D eigenvalue weighted by molar-refractivity contribution is 0.0375. The van der Waals surface area contributed by atoms with Gasteiger partial charge in [0.1, 0.15) is 0 Å². The van der Waals surface area contributed by atoms with Gasteiger partial charge in [0.25, 0.3) is 0 Å². The van der Waals surface area contributed by atoms with E-state index in [9.17, 15) is 4.79 Å². The Balaban J connectivity index is 2.97. The molecule has 1 rings (SSSR count). The van der Waals surface area contributed by atoms with Gasteiger partial charge >= 0.3 is 5.97 Å². The van der Waals surface area contributed by atoms with E-state index in [1.54, 1.807) is 18.3 Å². The fourth-order valence-corrected chi connectivity index (χ4v) is 1.33. The third-order valence-corrected chi connectivity index (χ3v) is 1.95. The Morgan fingerprint density at radius 1 is 1.33 bits per heavy atom. The highest BCUT2D eigenvalue weighted by molar-refractivity contribution is 5.90. The number of ether oxygens (including phenoxy) is 1. The molecule has 0 N–H and O–H groups in total. The van der Waals surface area contributed by atoms with Gasteiger partial charge in [-0.15, -0.1) is 0 Å². The smallest absolute Gasteiger partial charge is 0.340 e. The molecule has 3 heteroatoms. The van der Waals surface area contributed by atoms with Crippen LogP contribution in [0.1, 0.15) is 49.7 Å². The van der Waals surface area contributed by atoms with Crippen LogP contribution in [0.2, 0.25) is 0 Å². The SMILES string of the molecule is CC(C)OC(=O)c1cccnc1C(C)C. The largest absolute Gasteiger partial charge is 0.459 e. The van der Waals surface area contributed by atoms with Crippen molar-refractivity contribution in [2.75, 3.05) is 0 Å². The number of aromatic nitrogens is 1. The molecule has 0 saturated carbocycles. The van der Waals surface area contributed by atoms with Crippen LogP contribution in [0, 0.1) is 0 Å². The summed E-state index contributed by atoms with van der Waals surface area (Å²) in [7, 11) is 0. The number of esters is 1. The van der Waals surface area contributed by atoms with Crippen molar-refractivity contribution < 1.29 is 9.53 Å². The molecule has 15 heavy (non-hydrogen) atoms. The van der Waals surface area contributed by atoms with Crippen molar-refractivity contribution in [3.05, 3.63) is 29.6 Å². The number of hydrogen-bond acceptors (Lipinski definition) is 3. The summed E-state index contributed by atoms with van der Waals surface area (Å²) in [5.74, 6) is -0.0669. The Labute approximate surface area is 90.5 Å². The zero-order valence-corrected chi connectivity index (χ0v) is 9.65. The first-order valence-corrected chi connectivity index (χ1v) is 5.18.